The number of nitrogens with one attached hydrogen (secondary N) is 1. The SMILES string of the molecule is CCCNC(C)c1ccc(Oc2cncc(Br)c2)cc1. The van der Waals surface area contributed by atoms with Gasteiger partial charge in [0, 0.05) is 16.7 Å². The molecule has 1 aromatic heterocycles. The third-order valence-corrected chi connectivity index (χ3v) is 3.43. The second-order valence-corrected chi connectivity index (χ2v) is 5.60. The first-order chi connectivity index (χ1) is 9.69. The van der Waals surface area contributed by atoms with Crippen molar-refractivity contribution in [3.63, 3.8) is 0 Å². The average Bonchev–Trinajstić information content (AvgIpc) is 2.45. The maximum Gasteiger partial charge on any atom is 0.146 e. The molecular weight excluding hydrogens is 316 g/mol. The van der Waals surface area contributed by atoms with Gasteiger partial charge in [-0.3, -0.25) is 4.98 Å². The summed E-state index contributed by atoms with van der Waals surface area (Å²) in [6, 6.07) is 10.4. The van der Waals surface area contributed by atoms with Crippen LogP contribution in [0.2, 0.25) is 0 Å². The van der Waals surface area contributed by atoms with E-state index in [2.05, 4.69) is 52.2 Å². The molecule has 0 radical (unpaired) electrons. The summed E-state index contributed by atoms with van der Waals surface area (Å²) in [5.74, 6) is 1.54. The lowest BCUT2D eigenvalue weighted by atomic mass is 10.1. The normalized spacial score (nSPS) is 12.2. The summed E-state index contributed by atoms with van der Waals surface area (Å²) in [6.07, 6.45) is 4.57. The van der Waals surface area contributed by atoms with Crippen molar-refractivity contribution < 1.29 is 4.74 Å². The molecule has 2 aromatic rings. The molecule has 0 fully saturated rings. The highest BCUT2D eigenvalue weighted by molar-refractivity contribution is 9.10. The first kappa shape index (κ1) is 15.0. The number of benzene rings is 1. The van der Waals surface area contributed by atoms with Gasteiger partial charge >= 0.3 is 0 Å². The van der Waals surface area contributed by atoms with Crippen LogP contribution in [0.3, 0.4) is 0 Å². The van der Waals surface area contributed by atoms with Gasteiger partial charge in [0.15, 0.2) is 0 Å². The number of rotatable bonds is 6. The van der Waals surface area contributed by atoms with Crippen molar-refractivity contribution in [3.8, 4) is 11.5 Å². The summed E-state index contributed by atoms with van der Waals surface area (Å²) in [4.78, 5) is 4.08. The standard InChI is InChI=1S/C16H19BrN2O/c1-3-8-19-12(2)13-4-6-15(7-5-13)20-16-9-14(17)10-18-11-16/h4-7,9-12,19H,3,8H2,1-2H3. The molecule has 0 aliphatic heterocycles. The van der Waals surface area contributed by atoms with E-state index in [4.69, 9.17) is 4.74 Å². The predicted octanol–water partition coefficient (Wildman–Crippen LogP) is 4.70. The van der Waals surface area contributed by atoms with Gasteiger partial charge in [-0.15, -0.1) is 0 Å². The van der Waals surface area contributed by atoms with Gasteiger partial charge in [0.05, 0.1) is 6.20 Å². The fourth-order valence-corrected chi connectivity index (χ4v) is 2.23. The Hall–Kier alpha value is -1.39. The van der Waals surface area contributed by atoms with E-state index in [1.165, 1.54) is 5.56 Å². The van der Waals surface area contributed by atoms with Gasteiger partial charge in [-0.05, 0) is 59.6 Å². The van der Waals surface area contributed by atoms with Crippen LogP contribution in [0.4, 0.5) is 0 Å². The number of nitrogens with zero attached hydrogens (tertiary/aromatic N) is 1. The molecule has 0 aliphatic carbocycles. The van der Waals surface area contributed by atoms with Crippen LogP contribution in [0, 0.1) is 0 Å². The summed E-state index contributed by atoms with van der Waals surface area (Å²) >= 11 is 3.38. The molecule has 1 heterocycles. The zero-order valence-corrected chi connectivity index (χ0v) is 13.4. The highest BCUT2D eigenvalue weighted by Crippen LogP contribution is 2.24. The maximum atomic E-state index is 5.76. The van der Waals surface area contributed by atoms with Crippen molar-refractivity contribution in [2.75, 3.05) is 6.54 Å². The van der Waals surface area contributed by atoms with E-state index in [1.807, 2.05) is 18.2 Å². The highest BCUT2D eigenvalue weighted by Gasteiger charge is 2.04. The second-order valence-electron chi connectivity index (χ2n) is 4.69. The minimum absolute atomic E-state index is 0.358. The molecule has 2 rings (SSSR count). The van der Waals surface area contributed by atoms with Crippen LogP contribution in [0.5, 0.6) is 11.5 Å². The molecule has 0 saturated carbocycles. The van der Waals surface area contributed by atoms with E-state index in [0.717, 1.165) is 28.9 Å². The predicted molar refractivity (Wildman–Crippen MR) is 85.2 cm³/mol. The molecular formula is C16H19BrN2O. The minimum atomic E-state index is 0.358. The van der Waals surface area contributed by atoms with Crippen molar-refractivity contribution in [1.82, 2.24) is 10.3 Å². The van der Waals surface area contributed by atoms with E-state index in [1.54, 1.807) is 12.4 Å². The number of hydrogen-bond donors (Lipinski definition) is 1. The van der Waals surface area contributed by atoms with Crippen LogP contribution < -0.4 is 10.1 Å². The molecule has 1 aromatic carbocycles. The third kappa shape index (κ3) is 4.32. The Morgan fingerprint density at radius 3 is 2.60 bits per heavy atom. The molecule has 1 atom stereocenters. The number of pyridine rings is 1. The van der Waals surface area contributed by atoms with Crippen LogP contribution in [0.1, 0.15) is 31.9 Å². The first-order valence-corrected chi connectivity index (χ1v) is 7.60. The average molecular weight is 335 g/mol. The van der Waals surface area contributed by atoms with Gasteiger partial charge in [0.25, 0.3) is 0 Å². The van der Waals surface area contributed by atoms with E-state index in [0.29, 0.717) is 6.04 Å². The third-order valence-electron chi connectivity index (χ3n) is 3.00. The smallest absolute Gasteiger partial charge is 0.146 e. The van der Waals surface area contributed by atoms with Gasteiger partial charge in [-0.2, -0.15) is 0 Å². The maximum absolute atomic E-state index is 5.76. The second kappa shape index (κ2) is 7.41. The lowest BCUT2D eigenvalue weighted by molar-refractivity contribution is 0.479. The fourth-order valence-electron chi connectivity index (χ4n) is 1.89. The molecule has 3 nitrogen and oxygen atoms in total. The summed E-state index contributed by atoms with van der Waals surface area (Å²) in [6.45, 7) is 5.37. The van der Waals surface area contributed by atoms with Crippen LogP contribution >= 0.6 is 15.9 Å². The van der Waals surface area contributed by atoms with Crippen molar-refractivity contribution >= 4 is 15.9 Å². The molecule has 0 spiro atoms. The number of halogens is 1. The van der Waals surface area contributed by atoms with Gasteiger partial charge in [0.2, 0.25) is 0 Å². The monoisotopic (exact) mass is 334 g/mol. The molecule has 106 valence electrons. The topological polar surface area (TPSA) is 34.1 Å². The molecule has 20 heavy (non-hydrogen) atoms. The van der Waals surface area contributed by atoms with E-state index < -0.39 is 0 Å². The van der Waals surface area contributed by atoms with Crippen LogP contribution in [0.25, 0.3) is 0 Å². The quantitative estimate of drug-likeness (QED) is 0.831. The van der Waals surface area contributed by atoms with Crippen molar-refractivity contribution in [2.45, 2.75) is 26.3 Å². The zero-order valence-electron chi connectivity index (χ0n) is 11.8. The Morgan fingerprint density at radius 1 is 1.20 bits per heavy atom. The van der Waals surface area contributed by atoms with Crippen molar-refractivity contribution in [3.05, 3.63) is 52.8 Å². The largest absolute Gasteiger partial charge is 0.456 e. The Labute approximate surface area is 128 Å². The molecule has 0 saturated heterocycles. The van der Waals surface area contributed by atoms with Gasteiger partial charge in [0.1, 0.15) is 11.5 Å². The summed E-state index contributed by atoms with van der Waals surface area (Å²) in [7, 11) is 0. The molecule has 0 aliphatic rings. The van der Waals surface area contributed by atoms with Crippen molar-refractivity contribution in [2.24, 2.45) is 0 Å². The summed E-state index contributed by atoms with van der Waals surface area (Å²) < 4.78 is 6.67. The van der Waals surface area contributed by atoms with Gasteiger partial charge in [-0.25, -0.2) is 0 Å². The number of ether oxygens (including phenoxy) is 1. The summed E-state index contributed by atoms with van der Waals surface area (Å²) in [5, 5.41) is 3.47. The molecule has 4 heteroatoms. The molecule has 1 unspecified atom stereocenters. The number of hydrogen-bond acceptors (Lipinski definition) is 3. The lowest BCUT2D eigenvalue weighted by Gasteiger charge is -2.14. The van der Waals surface area contributed by atoms with E-state index in [9.17, 15) is 0 Å². The minimum Gasteiger partial charge on any atom is -0.456 e. The van der Waals surface area contributed by atoms with Crippen LogP contribution in [-0.2, 0) is 0 Å². The van der Waals surface area contributed by atoms with E-state index in [-0.39, 0.29) is 0 Å². The highest BCUT2D eigenvalue weighted by atomic mass is 79.9. The summed E-state index contributed by atoms with van der Waals surface area (Å²) in [5.41, 5.74) is 1.26. The molecule has 0 bridgehead atoms. The fraction of sp³-hybridized carbons (Fsp3) is 0.312. The van der Waals surface area contributed by atoms with Gasteiger partial charge < -0.3 is 10.1 Å². The molecule has 0 amide bonds. The lowest BCUT2D eigenvalue weighted by Crippen LogP contribution is -2.19. The zero-order chi connectivity index (χ0) is 14.4. The first-order valence-electron chi connectivity index (χ1n) is 6.81. The van der Waals surface area contributed by atoms with Crippen LogP contribution in [0.15, 0.2) is 47.2 Å². The van der Waals surface area contributed by atoms with Crippen molar-refractivity contribution in [1.29, 1.82) is 0 Å². The molecule has 1 N–H and O–H groups in total. The number of aromatic nitrogens is 1. The van der Waals surface area contributed by atoms with Gasteiger partial charge in [-0.1, -0.05) is 19.1 Å². The Balaban J connectivity index is 2.01. The Morgan fingerprint density at radius 2 is 1.95 bits per heavy atom. The Kier molecular flexibility index (Phi) is 5.56. The van der Waals surface area contributed by atoms with Crippen LogP contribution in [-0.4, -0.2) is 11.5 Å². The van der Waals surface area contributed by atoms with E-state index >= 15 is 0 Å². The Bertz CT molecular complexity index is 542.